The van der Waals surface area contributed by atoms with E-state index in [1.165, 1.54) is 20.1 Å². The van der Waals surface area contributed by atoms with Crippen LogP contribution in [0.1, 0.15) is 22.6 Å². The maximum absolute atomic E-state index is 13.6. The van der Waals surface area contributed by atoms with Crippen LogP contribution in [0, 0.1) is 19.7 Å². The summed E-state index contributed by atoms with van der Waals surface area (Å²) < 4.78 is 18.8. The van der Waals surface area contributed by atoms with Crippen LogP contribution in [-0.2, 0) is 4.79 Å². The number of carboxylic acid groups (broad SMARTS) is 1. The van der Waals surface area contributed by atoms with Gasteiger partial charge in [0, 0.05) is 12.1 Å². The van der Waals surface area contributed by atoms with Crippen LogP contribution < -0.4 is 10.5 Å². The average molecular weight is 241 g/mol. The van der Waals surface area contributed by atoms with Crippen LogP contribution in [0.4, 0.5) is 4.39 Å². The normalized spacial score (nSPS) is 12.3. The number of hydrogen-bond acceptors (Lipinski definition) is 3. The first kappa shape index (κ1) is 13.4. The third kappa shape index (κ3) is 2.39. The molecule has 0 aliphatic carbocycles. The number of aryl methyl sites for hydroxylation is 1. The van der Waals surface area contributed by atoms with Gasteiger partial charge in [0.25, 0.3) is 0 Å². The second-order valence-corrected chi connectivity index (χ2v) is 3.87. The molecule has 3 N–H and O–H groups in total. The molecule has 0 aliphatic heterocycles. The summed E-state index contributed by atoms with van der Waals surface area (Å²) in [5, 5.41) is 9.09. The summed E-state index contributed by atoms with van der Waals surface area (Å²) in [4.78, 5) is 11.1. The molecule has 94 valence electrons. The van der Waals surface area contributed by atoms with Crippen LogP contribution in [-0.4, -0.2) is 24.7 Å². The van der Waals surface area contributed by atoms with Crippen molar-refractivity contribution in [2.24, 2.45) is 5.73 Å². The van der Waals surface area contributed by atoms with Crippen molar-refractivity contribution in [3.8, 4) is 5.75 Å². The Hall–Kier alpha value is -1.62. The molecule has 1 atom stereocenters. The molecule has 0 spiro atoms. The maximum Gasteiger partial charge on any atom is 0.312 e. The fourth-order valence-electron chi connectivity index (χ4n) is 1.91. The van der Waals surface area contributed by atoms with E-state index in [0.717, 1.165) is 0 Å². The van der Waals surface area contributed by atoms with Crippen LogP contribution in [0.5, 0.6) is 5.75 Å². The van der Waals surface area contributed by atoms with Crippen molar-refractivity contribution in [2.75, 3.05) is 13.7 Å². The lowest BCUT2D eigenvalue weighted by Gasteiger charge is -2.19. The van der Waals surface area contributed by atoms with Crippen LogP contribution in [0.2, 0.25) is 0 Å². The van der Waals surface area contributed by atoms with Crippen molar-refractivity contribution in [3.05, 3.63) is 28.6 Å². The van der Waals surface area contributed by atoms with Gasteiger partial charge >= 0.3 is 5.97 Å². The topological polar surface area (TPSA) is 72.5 Å². The first-order valence-corrected chi connectivity index (χ1v) is 5.20. The highest BCUT2D eigenvalue weighted by Crippen LogP contribution is 2.34. The minimum Gasteiger partial charge on any atom is -0.496 e. The largest absolute Gasteiger partial charge is 0.496 e. The molecule has 1 rings (SSSR count). The van der Waals surface area contributed by atoms with Gasteiger partial charge in [-0.25, -0.2) is 4.39 Å². The van der Waals surface area contributed by atoms with Gasteiger partial charge in [0.1, 0.15) is 11.6 Å². The van der Waals surface area contributed by atoms with Crippen LogP contribution >= 0.6 is 0 Å². The third-order valence-corrected chi connectivity index (χ3v) is 2.79. The zero-order valence-corrected chi connectivity index (χ0v) is 10.1. The predicted octanol–water partition coefficient (Wildman–Crippen LogP) is 1.58. The first-order chi connectivity index (χ1) is 7.93. The maximum atomic E-state index is 13.6. The molecule has 4 nitrogen and oxygen atoms in total. The Balaban J connectivity index is 3.53. The lowest BCUT2D eigenvalue weighted by Crippen LogP contribution is -2.23. The summed E-state index contributed by atoms with van der Waals surface area (Å²) in [7, 11) is 1.43. The van der Waals surface area contributed by atoms with Crippen molar-refractivity contribution >= 4 is 5.97 Å². The van der Waals surface area contributed by atoms with E-state index < -0.39 is 17.7 Å². The van der Waals surface area contributed by atoms with E-state index in [0.29, 0.717) is 16.9 Å². The summed E-state index contributed by atoms with van der Waals surface area (Å²) in [5.41, 5.74) is 6.59. The fraction of sp³-hybridized carbons (Fsp3) is 0.417. The first-order valence-electron chi connectivity index (χ1n) is 5.20. The molecule has 1 aromatic carbocycles. The summed E-state index contributed by atoms with van der Waals surface area (Å²) >= 11 is 0. The van der Waals surface area contributed by atoms with E-state index >= 15 is 0 Å². The number of aliphatic carboxylic acids is 1. The predicted molar refractivity (Wildman–Crippen MR) is 61.9 cm³/mol. The Kier molecular flexibility index (Phi) is 4.07. The van der Waals surface area contributed by atoms with Gasteiger partial charge in [-0.15, -0.1) is 0 Å². The van der Waals surface area contributed by atoms with Gasteiger partial charge in [-0.3, -0.25) is 4.79 Å². The number of methoxy groups -OCH3 is 1. The molecule has 0 amide bonds. The smallest absolute Gasteiger partial charge is 0.312 e. The van der Waals surface area contributed by atoms with Gasteiger partial charge in [-0.2, -0.15) is 0 Å². The van der Waals surface area contributed by atoms with Crippen molar-refractivity contribution in [1.29, 1.82) is 0 Å². The highest BCUT2D eigenvalue weighted by molar-refractivity contribution is 5.78. The highest BCUT2D eigenvalue weighted by Gasteiger charge is 2.26. The summed E-state index contributed by atoms with van der Waals surface area (Å²) in [6.45, 7) is 3.09. The van der Waals surface area contributed by atoms with Gasteiger partial charge < -0.3 is 15.6 Å². The minimum absolute atomic E-state index is 0.102. The number of carboxylic acids is 1. The highest BCUT2D eigenvalue weighted by atomic mass is 19.1. The Morgan fingerprint density at radius 2 is 2.18 bits per heavy atom. The lowest BCUT2D eigenvalue weighted by atomic mass is 9.91. The quantitative estimate of drug-likeness (QED) is 0.839. The average Bonchev–Trinajstić information content (AvgIpc) is 2.25. The molecule has 0 heterocycles. The molecule has 0 bridgehead atoms. The standard InChI is InChI=1S/C12H16FNO3/c1-6-4-9(13)7(2)10(11(6)17-3)8(5-14)12(15)16/h4,8H,5,14H2,1-3H3,(H,15,16). The number of carbonyl (C=O) groups is 1. The third-order valence-electron chi connectivity index (χ3n) is 2.79. The van der Waals surface area contributed by atoms with Crippen molar-refractivity contribution < 1.29 is 19.0 Å². The second-order valence-electron chi connectivity index (χ2n) is 3.87. The van der Waals surface area contributed by atoms with Crippen molar-refractivity contribution in [3.63, 3.8) is 0 Å². The molecule has 0 saturated heterocycles. The van der Waals surface area contributed by atoms with Crippen LogP contribution in [0.3, 0.4) is 0 Å². The molecule has 0 aliphatic rings. The molecule has 17 heavy (non-hydrogen) atoms. The zero-order chi connectivity index (χ0) is 13.2. The van der Waals surface area contributed by atoms with E-state index in [4.69, 9.17) is 15.6 Å². The molecule has 5 heteroatoms. The molecule has 1 aromatic rings. The Morgan fingerprint density at radius 3 is 2.59 bits per heavy atom. The molecule has 0 radical (unpaired) electrons. The Labute approximate surface area is 99.2 Å². The van der Waals surface area contributed by atoms with Gasteiger partial charge in [0.15, 0.2) is 0 Å². The van der Waals surface area contributed by atoms with Gasteiger partial charge in [-0.05, 0) is 31.0 Å². The number of ether oxygens (including phenoxy) is 1. The van der Waals surface area contributed by atoms with Crippen molar-refractivity contribution in [1.82, 2.24) is 0 Å². The van der Waals surface area contributed by atoms with Crippen LogP contribution in [0.25, 0.3) is 0 Å². The van der Waals surface area contributed by atoms with E-state index in [2.05, 4.69) is 0 Å². The number of hydrogen-bond donors (Lipinski definition) is 2. The monoisotopic (exact) mass is 241 g/mol. The second kappa shape index (κ2) is 5.14. The summed E-state index contributed by atoms with van der Waals surface area (Å²) in [6, 6.07) is 1.33. The molecular weight excluding hydrogens is 225 g/mol. The minimum atomic E-state index is -1.08. The van der Waals surface area contributed by atoms with E-state index in [9.17, 15) is 9.18 Å². The lowest BCUT2D eigenvalue weighted by molar-refractivity contribution is -0.138. The Morgan fingerprint density at radius 1 is 1.59 bits per heavy atom. The van der Waals surface area contributed by atoms with Gasteiger partial charge in [-0.1, -0.05) is 0 Å². The number of halogens is 1. The number of benzene rings is 1. The number of rotatable bonds is 4. The van der Waals surface area contributed by atoms with Crippen LogP contribution in [0.15, 0.2) is 6.07 Å². The summed E-state index contributed by atoms with van der Waals surface area (Å²) in [5.74, 6) is -2.10. The van der Waals surface area contributed by atoms with E-state index in [1.54, 1.807) is 6.92 Å². The van der Waals surface area contributed by atoms with Gasteiger partial charge in [0.05, 0.1) is 13.0 Å². The molecule has 0 saturated carbocycles. The zero-order valence-electron chi connectivity index (χ0n) is 10.1. The molecular formula is C12H16FNO3. The molecule has 1 unspecified atom stereocenters. The van der Waals surface area contributed by atoms with Gasteiger partial charge in [0.2, 0.25) is 0 Å². The molecule has 0 aromatic heterocycles. The van der Waals surface area contributed by atoms with E-state index in [1.807, 2.05) is 0 Å². The number of nitrogens with two attached hydrogens (primary N) is 1. The SMILES string of the molecule is COc1c(C)cc(F)c(C)c1C(CN)C(=O)O. The van der Waals surface area contributed by atoms with Crippen molar-refractivity contribution in [2.45, 2.75) is 19.8 Å². The summed E-state index contributed by atoms with van der Waals surface area (Å²) in [6.07, 6.45) is 0. The van der Waals surface area contributed by atoms with E-state index in [-0.39, 0.29) is 12.1 Å². The Bertz CT molecular complexity index is 446. The molecule has 0 fully saturated rings. The fourth-order valence-corrected chi connectivity index (χ4v) is 1.91.